The largest absolute Gasteiger partial charge is 0.491 e. The molecule has 0 aliphatic carbocycles. The number of thiocarbonyl (C=S) groups is 1. The van der Waals surface area contributed by atoms with Crippen molar-refractivity contribution in [2.45, 2.75) is 26.4 Å². The summed E-state index contributed by atoms with van der Waals surface area (Å²) in [5.41, 5.74) is 2.42. The zero-order valence-electron chi connectivity index (χ0n) is 16.8. The predicted octanol–water partition coefficient (Wildman–Crippen LogP) is 3.83. The summed E-state index contributed by atoms with van der Waals surface area (Å²) < 4.78 is 11.2. The van der Waals surface area contributed by atoms with Crippen molar-refractivity contribution >= 4 is 34.6 Å². The number of ether oxygens (including phenoxy) is 2. The van der Waals surface area contributed by atoms with Crippen molar-refractivity contribution in [2.75, 3.05) is 36.5 Å². The first kappa shape index (κ1) is 21.1. The second-order valence-corrected chi connectivity index (χ2v) is 7.29. The fraction of sp³-hybridized carbons (Fsp3) is 0.364. The van der Waals surface area contributed by atoms with E-state index in [0.717, 1.165) is 36.6 Å². The maximum Gasteiger partial charge on any atom is 0.257 e. The van der Waals surface area contributed by atoms with Crippen LogP contribution in [0.5, 0.6) is 5.75 Å². The molecule has 1 saturated heterocycles. The summed E-state index contributed by atoms with van der Waals surface area (Å²) in [5.74, 6) is 0.484. The summed E-state index contributed by atoms with van der Waals surface area (Å²) in [7, 11) is 0. The van der Waals surface area contributed by atoms with Gasteiger partial charge < -0.3 is 19.7 Å². The van der Waals surface area contributed by atoms with Crippen LogP contribution >= 0.6 is 12.2 Å². The zero-order chi connectivity index (χ0) is 20.6. The van der Waals surface area contributed by atoms with Crippen molar-refractivity contribution in [3.63, 3.8) is 0 Å². The van der Waals surface area contributed by atoms with Gasteiger partial charge in [0.05, 0.1) is 30.7 Å². The van der Waals surface area contributed by atoms with Crippen LogP contribution in [0.1, 0.15) is 30.6 Å². The predicted molar refractivity (Wildman–Crippen MR) is 120 cm³/mol. The smallest absolute Gasteiger partial charge is 0.257 e. The monoisotopic (exact) mass is 413 g/mol. The highest BCUT2D eigenvalue weighted by molar-refractivity contribution is 7.80. The van der Waals surface area contributed by atoms with E-state index in [1.54, 1.807) is 24.3 Å². The van der Waals surface area contributed by atoms with E-state index in [0.29, 0.717) is 18.8 Å². The first-order valence-corrected chi connectivity index (χ1v) is 10.3. The minimum Gasteiger partial charge on any atom is -0.491 e. The van der Waals surface area contributed by atoms with Gasteiger partial charge in [-0.3, -0.25) is 10.1 Å². The van der Waals surface area contributed by atoms with Crippen LogP contribution in [0, 0.1) is 0 Å². The van der Waals surface area contributed by atoms with Crippen molar-refractivity contribution in [1.29, 1.82) is 0 Å². The molecule has 2 N–H and O–H groups in total. The van der Waals surface area contributed by atoms with Crippen molar-refractivity contribution in [3.8, 4) is 5.75 Å². The molecule has 1 atom stereocenters. The normalized spacial score (nSPS) is 14.8. The maximum atomic E-state index is 12.5. The molecule has 1 aliphatic rings. The zero-order valence-corrected chi connectivity index (χ0v) is 17.6. The van der Waals surface area contributed by atoms with Crippen molar-refractivity contribution < 1.29 is 14.3 Å². The Morgan fingerprint density at radius 3 is 2.55 bits per heavy atom. The Morgan fingerprint density at radius 2 is 1.86 bits per heavy atom. The molecule has 29 heavy (non-hydrogen) atoms. The van der Waals surface area contributed by atoms with Gasteiger partial charge in [-0.25, -0.2) is 0 Å². The highest BCUT2D eigenvalue weighted by Gasteiger charge is 2.16. The molecule has 154 valence electrons. The summed E-state index contributed by atoms with van der Waals surface area (Å²) in [5, 5.41) is 6.15. The Bertz CT molecular complexity index is 835. The quantitative estimate of drug-likeness (QED) is 0.702. The summed E-state index contributed by atoms with van der Waals surface area (Å²) in [4.78, 5) is 14.8. The Hall–Kier alpha value is -2.64. The SMILES string of the molecule is CC[C@H](C)Oc1ccc(C(=O)NC(=S)Nc2ccccc2N2CCOCC2)cc1. The molecule has 0 unspecified atom stereocenters. The van der Waals surface area contributed by atoms with Gasteiger partial charge in [0.2, 0.25) is 0 Å². The van der Waals surface area contributed by atoms with Gasteiger partial charge in [0.25, 0.3) is 5.91 Å². The molecule has 0 radical (unpaired) electrons. The number of carbonyl (C=O) groups is 1. The number of morpholine rings is 1. The number of anilines is 2. The number of rotatable bonds is 6. The van der Waals surface area contributed by atoms with E-state index in [-0.39, 0.29) is 17.1 Å². The lowest BCUT2D eigenvalue weighted by atomic mass is 10.2. The fourth-order valence-electron chi connectivity index (χ4n) is 2.99. The molecule has 3 rings (SSSR count). The van der Waals surface area contributed by atoms with Crippen LogP contribution < -0.4 is 20.3 Å². The van der Waals surface area contributed by atoms with Crippen molar-refractivity contribution in [2.24, 2.45) is 0 Å². The van der Waals surface area contributed by atoms with E-state index in [9.17, 15) is 4.79 Å². The third kappa shape index (κ3) is 5.92. The standard InChI is InChI=1S/C22H27N3O3S/c1-3-16(2)28-18-10-8-17(9-11-18)21(26)24-22(29)23-19-6-4-5-7-20(19)25-12-14-27-15-13-25/h4-11,16H,3,12-15H2,1-2H3,(H2,23,24,26,29)/t16-/m0/s1. The second-order valence-electron chi connectivity index (χ2n) is 6.89. The molecule has 7 heteroatoms. The van der Waals surface area contributed by atoms with E-state index in [1.165, 1.54) is 0 Å². The van der Waals surface area contributed by atoms with Crippen LogP contribution in [0.2, 0.25) is 0 Å². The van der Waals surface area contributed by atoms with Crippen LogP contribution in [-0.2, 0) is 4.74 Å². The van der Waals surface area contributed by atoms with Crippen LogP contribution in [0.4, 0.5) is 11.4 Å². The fourth-order valence-corrected chi connectivity index (χ4v) is 3.19. The highest BCUT2D eigenvalue weighted by atomic mass is 32.1. The summed E-state index contributed by atoms with van der Waals surface area (Å²) >= 11 is 5.36. The van der Waals surface area contributed by atoms with E-state index >= 15 is 0 Å². The van der Waals surface area contributed by atoms with E-state index < -0.39 is 0 Å². The molecule has 0 aromatic heterocycles. The average molecular weight is 414 g/mol. The molecule has 1 fully saturated rings. The molecule has 2 aromatic rings. The first-order chi connectivity index (χ1) is 14.1. The van der Waals surface area contributed by atoms with Crippen LogP contribution in [0.25, 0.3) is 0 Å². The van der Waals surface area contributed by atoms with E-state index in [1.807, 2.05) is 31.2 Å². The summed E-state index contributed by atoms with van der Waals surface area (Å²) in [6.07, 6.45) is 1.06. The van der Waals surface area contributed by atoms with E-state index in [4.69, 9.17) is 21.7 Å². The molecule has 0 saturated carbocycles. The third-order valence-corrected chi connectivity index (χ3v) is 4.96. The van der Waals surface area contributed by atoms with Gasteiger partial charge >= 0.3 is 0 Å². The van der Waals surface area contributed by atoms with Gasteiger partial charge in [0.15, 0.2) is 5.11 Å². The first-order valence-electron chi connectivity index (χ1n) is 9.87. The van der Waals surface area contributed by atoms with Crippen LogP contribution in [0.15, 0.2) is 48.5 Å². The number of nitrogens with one attached hydrogen (secondary N) is 2. The molecule has 1 heterocycles. The highest BCUT2D eigenvalue weighted by Crippen LogP contribution is 2.26. The van der Waals surface area contributed by atoms with Gasteiger partial charge in [-0.05, 0) is 62.0 Å². The molecule has 2 aromatic carbocycles. The Kier molecular flexibility index (Phi) is 7.43. The number of hydrogen-bond acceptors (Lipinski definition) is 5. The lowest BCUT2D eigenvalue weighted by Gasteiger charge is -2.30. The number of carbonyl (C=O) groups excluding carboxylic acids is 1. The van der Waals surface area contributed by atoms with Crippen LogP contribution in [-0.4, -0.2) is 43.4 Å². The third-order valence-electron chi connectivity index (χ3n) is 4.76. The number of amides is 1. The Morgan fingerprint density at radius 1 is 1.17 bits per heavy atom. The molecule has 6 nitrogen and oxygen atoms in total. The molecule has 0 bridgehead atoms. The number of nitrogens with zero attached hydrogens (tertiary/aromatic N) is 1. The van der Waals surface area contributed by atoms with Gasteiger partial charge in [-0.2, -0.15) is 0 Å². The van der Waals surface area contributed by atoms with Gasteiger partial charge in [-0.15, -0.1) is 0 Å². The summed E-state index contributed by atoms with van der Waals surface area (Å²) in [6.45, 7) is 7.13. The Labute approximate surface area is 177 Å². The van der Waals surface area contributed by atoms with Gasteiger partial charge in [0, 0.05) is 18.7 Å². The Balaban J connectivity index is 1.60. The topological polar surface area (TPSA) is 62.8 Å². The van der Waals surface area contributed by atoms with Crippen molar-refractivity contribution in [1.82, 2.24) is 5.32 Å². The molecule has 1 amide bonds. The minimum absolute atomic E-state index is 0.137. The lowest BCUT2D eigenvalue weighted by molar-refractivity contribution is 0.0977. The maximum absolute atomic E-state index is 12.5. The molecule has 1 aliphatic heterocycles. The number of benzene rings is 2. The molecular formula is C22H27N3O3S. The minimum atomic E-state index is -0.263. The number of hydrogen-bond donors (Lipinski definition) is 2. The van der Waals surface area contributed by atoms with Crippen molar-refractivity contribution in [3.05, 3.63) is 54.1 Å². The number of para-hydroxylation sites is 2. The van der Waals surface area contributed by atoms with E-state index in [2.05, 4.69) is 22.5 Å². The average Bonchev–Trinajstić information content (AvgIpc) is 2.75. The van der Waals surface area contributed by atoms with Gasteiger partial charge in [-0.1, -0.05) is 19.1 Å². The molecular weight excluding hydrogens is 386 g/mol. The molecule has 0 spiro atoms. The van der Waals surface area contributed by atoms with Gasteiger partial charge in [0.1, 0.15) is 5.75 Å². The second kappa shape index (κ2) is 10.2. The summed E-state index contributed by atoms with van der Waals surface area (Å²) in [6, 6.07) is 15.0. The lowest BCUT2D eigenvalue weighted by Crippen LogP contribution is -2.38. The van der Waals surface area contributed by atoms with Crippen LogP contribution in [0.3, 0.4) is 0 Å².